The zero-order valence-electron chi connectivity index (χ0n) is 15.6. The lowest BCUT2D eigenvalue weighted by atomic mass is 10.0. The van der Waals surface area contributed by atoms with Gasteiger partial charge < -0.3 is 5.11 Å². The first kappa shape index (κ1) is 20.2. The number of aliphatic hydroxyl groups is 1. The van der Waals surface area contributed by atoms with Crippen LogP contribution in [0.4, 0.5) is 4.39 Å². The number of nitrogens with one attached hydrogen (secondary N) is 1. The minimum atomic E-state index is -0.562. The number of amides is 1. The fourth-order valence-corrected chi connectivity index (χ4v) is 3.78. The van der Waals surface area contributed by atoms with Gasteiger partial charge in [0.2, 0.25) is 0 Å². The summed E-state index contributed by atoms with van der Waals surface area (Å²) in [5.74, 6) is -0.796. The lowest BCUT2D eigenvalue weighted by Crippen LogP contribution is -2.32. The van der Waals surface area contributed by atoms with Gasteiger partial charge in [-0.05, 0) is 59.7 Å². The predicted octanol–water partition coefficient (Wildman–Crippen LogP) is 2.87. The summed E-state index contributed by atoms with van der Waals surface area (Å²) in [6, 6.07) is 12.9. The fraction of sp³-hybridized carbons (Fsp3) is 0.318. The molecule has 1 atom stereocenters. The van der Waals surface area contributed by atoms with Gasteiger partial charge in [0.15, 0.2) is 0 Å². The van der Waals surface area contributed by atoms with Gasteiger partial charge in [-0.2, -0.15) is 0 Å². The molecule has 3 rings (SSSR count). The summed E-state index contributed by atoms with van der Waals surface area (Å²) in [7, 11) is 0. The molecule has 0 aliphatic heterocycles. The first-order valence-electron chi connectivity index (χ1n) is 9.45. The highest BCUT2D eigenvalue weighted by molar-refractivity contribution is 5.90. The van der Waals surface area contributed by atoms with Crippen LogP contribution in [0.1, 0.15) is 34.7 Å². The second kappa shape index (κ2) is 9.59. The smallest absolute Gasteiger partial charge is 0.267 e. The van der Waals surface area contributed by atoms with Crippen molar-refractivity contribution < 1.29 is 19.5 Å². The first-order chi connectivity index (χ1) is 13.6. The van der Waals surface area contributed by atoms with E-state index in [1.165, 1.54) is 29.3 Å². The van der Waals surface area contributed by atoms with Crippen molar-refractivity contribution >= 4 is 12.0 Å². The summed E-state index contributed by atoms with van der Waals surface area (Å²) in [6.45, 7) is 1.46. The third kappa shape index (κ3) is 5.04. The Morgan fingerprint density at radius 3 is 2.71 bits per heavy atom. The predicted molar refractivity (Wildman–Crippen MR) is 105 cm³/mol. The minimum absolute atomic E-state index is 0.0896. The maximum atomic E-state index is 13.1. The number of rotatable bonds is 8. The molecule has 0 spiro atoms. The van der Waals surface area contributed by atoms with Gasteiger partial charge in [0.1, 0.15) is 5.82 Å². The SMILES string of the molecule is O=C(C=Cc1ccc2c(c1)CCC2N(CCO)CCc1ccc(F)cc1)NO. The number of halogens is 1. The van der Waals surface area contributed by atoms with Crippen molar-refractivity contribution in [3.63, 3.8) is 0 Å². The van der Waals surface area contributed by atoms with E-state index in [0.29, 0.717) is 6.54 Å². The van der Waals surface area contributed by atoms with Crippen molar-refractivity contribution in [2.45, 2.75) is 25.3 Å². The van der Waals surface area contributed by atoms with E-state index >= 15 is 0 Å². The molecule has 2 aromatic carbocycles. The highest BCUT2D eigenvalue weighted by atomic mass is 19.1. The standard InChI is InChI=1S/C22H25FN2O3/c23-19-6-1-16(2-7-19)11-12-25(13-14-26)21-9-5-18-15-17(3-8-20(18)21)4-10-22(27)24-28/h1-4,6-8,10,15,21,26,28H,5,9,11-14H2,(H,24,27). The van der Waals surface area contributed by atoms with Crippen LogP contribution in [-0.2, 0) is 17.6 Å². The summed E-state index contributed by atoms with van der Waals surface area (Å²) in [5.41, 5.74) is 6.04. The number of carbonyl (C=O) groups is 1. The van der Waals surface area contributed by atoms with Gasteiger partial charge in [0.05, 0.1) is 6.61 Å². The fourth-order valence-electron chi connectivity index (χ4n) is 3.78. The summed E-state index contributed by atoms with van der Waals surface area (Å²) in [4.78, 5) is 13.4. The van der Waals surface area contributed by atoms with Gasteiger partial charge in [-0.1, -0.05) is 30.3 Å². The van der Waals surface area contributed by atoms with Crippen LogP contribution in [0.3, 0.4) is 0 Å². The Morgan fingerprint density at radius 1 is 1.21 bits per heavy atom. The Kier molecular flexibility index (Phi) is 6.92. The molecule has 3 N–H and O–H groups in total. The molecule has 2 aromatic rings. The molecule has 1 aliphatic carbocycles. The Bertz CT molecular complexity index is 836. The summed E-state index contributed by atoms with van der Waals surface area (Å²) in [6.07, 6.45) is 5.66. The Morgan fingerprint density at radius 2 is 2.00 bits per heavy atom. The number of carbonyl (C=O) groups excluding carboxylic acids is 1. The summed E-state index contributed by atoms with van der Waals surface area (Å²) >= 11 is 0. The van der Waals surface area contributed by atoms with Crippen LogP contribution in [0.2, 0.25) is 0 Å². The van der Waals surface area contributed by atoms with Gasteiger partial charge in [-0.3, -0.25) is 14.9 Å². The van der Waals surface area contributed by atoms with Crippen LogP contribution in [0.25, 0.3) is 6.08 Å². The van der Waals surface area contributed by atoms with Crippen molar-refractivity contribution in [3.8, 4) is 0 Å². The molecular formula is C22H25FN2O3. The van der Waals surface area contributed by atoms with E-state index in [1.807, 2.05) is 6.07 Å². The van der Waals surface area contributed by atoms with Crippen LogP contribution in [-0.4, -0.2) is 40.8 Å². The van der Waals surface area contributed by atoms with E-state index in [1.54, 1.807) is 23.7 Å². The molecule has 0 fully saturated rings. The third-order valence-corrected chi connectivity index (χ3v) is 5.18. The quantitative estimate of drug-likeness (QED) is 0.372. The van der Waals surface area contributed by atoms with Gasteiger partial charge >= 0.3 is 0 Å². The summed E-state index contributed by atoms with van der Waals surface area (Å²) in [5, 5.41) is 18.1. The zero-order chi connectivity index (χ0) is 19.9. The molecule has 0 heterocycles. The second-order valence-electron chi connectivity index (χ2n) is 6.96. The summed E-state index contributed by atoms with van der Waals surface area (Å²) < 4.78 is 13.1. The topological polar surface area (TPSA) is 72.8 Å². The van der Waals surface area contributed by atoms with Crippen LogP contribution >= 0.6 is 0 Å². The normalized spacial score (nSPS) is 15.9. The van der Waals surface area contributed by atoms with Gasteiger partial charge in [-0.25, -0.2) is 9.87 Å². The van der Waals surface area contributed by atoms with Crippen LogP contribution in [0.15, 0.2) is 48.5 Å². The molecule has 0 radical (unpaired) electrons. The molecule has 0 saturated carbocycles. The highest BCUT2D eigenvalue weighted by Gasteiger charge is 2.27. The lowest BCUT2D eigenvalue weighted by molar-refractivity contribution is -0.124. The maximum Gasteiger partial charge on any atom is 0.267 e. The molecule has 1 aliphatic rings. The zero-order valence-corrected chi connectivity index (χ0v) is 15.6. The van der Waals surface area contributed by atoms with Crippen LogP contribution < -0.4 is 5.48 Å². The molecule has 28 heavy (non-hydrogen) atoms. The largest absolute Gasteiger partial charge is 0.395 e. The number of hydrogen-bond donors (Lipinski definition) is 3. The van der Waals surface area contributed by atoms with E-state index in [-0.39, 0.29) is 18.5 Å². The molecule has 6 heteroatoms. The van der Waals surface area contributed by atoms with Crippen molar-refractivity contribution in [1.29, 1.82) is 0 Å². The van der Waals surface area contributed by atoms with Crippen LogP contribution in [0.5, 0.6) is 0 Å². The average Bonchev–Trinajstić information content (AvgIpc) is 3.13. The number of nitrogens with zero attached hydrogens (tertiary/aromatic N) is 1. The molecule has 0 saturated heterocycles. The van der Waals surface area contributed by atoms with E-state index < -0.39 is 5.91 Å². The van der Waals surface area contributed by atoms with Crippen molar-refractivity contribution in [2.24, 2.45) is 0 Å². The monoisotopic (exact) mass is 384 g/mol. The number of aryl methyl sites for hydroxylation is 1. The Hall–Kier alpha value is -2.54. The number of aliphatic hydroxyl groups excluding tert-OH is 1. The minimum Gasteiger partial charge on any atom is -0.395 e. The number of hydroxylamine groups is 1. The van der Waals surface area contributed by atoms with Crippen molar-refractivity contribution in [1.82, 2.24) is 10.4 Å². The van der Waals surface area contributed by atoms with E-state index in [9.17, 15) is 14.3 Å². The van der Waals surface area contributed by atoms with E-state index in [0.717, 1.165) is 36.9 Å². The van der Waals surface area contributed by atoms with E-state index in [2.05, 4.69) is 17.0 Å². The lowest BCUT2D eigenvalue weighted by Gasteiger charge is -2.29. The van der Waals surface area contributed by atoms with Gasteiger partial charge in [-0.15, -0.1) is 0 Å². The molecule has 148 valence electrons. The molecule has 0 aromatic heterocycles. The molecule has 5 nitrogen and oxygen atoms in total. The van der Waals surface area contributed by atoms with Crippen molar-refractivity contribution in [3.05, 3.63) is 76.6 Å². The molecule has 1 unspecified atom stereocenters. The molecular weight excluding hydrogens is 359 g/mol. The highest BCUT2D eigenvalue weighted by Crippen LogP contribution is 2.36. The first-order valence-corrected chi connectivity index (χ1v) is 9.45. The Balaban J connectivity index is 1.70. The number of benzene rings is 2. The number of fused-ring (bicyclic) bond motifs is 1. The maximum absolute atomic E-state index is 13.1. The molecule has 0 bridgehead atoms. The van der Waals surface area contributed by atoms with Gasteiger partial charge in [0.25, 0.3) is 5.91 Å². The Labute approximate surface area is 164 Å². The number of hydrogen-bond acceptors (Lipinski definition) is 4. The van der Waals surface area contributed by atoms with Gasteiger partial charge in [0, 0.05) is 25.2 Å². The van der Waals surface area contributed by atoms with Crippen molar-refractivity contribution in [2.75, 3.05) is 19.7 Å². The second-order valence-corrected chi connectivity index (χ2v) is 6.96. The third-order valence-electron chi connectivity index (χ3n) is 5.18. The average molecular weight is 384 g/mol. The van der Waals surface area contributed by atoms with Crippen LogP contribution in [0, 0.1) is 5.82 Å². The van der Waals surface area contributed by atoms with E-state index in [4.69, 9.17) is 5.21 Å². The molecule has 1 amide bonds.